The van der Waals surface area contributed by atoms with Gasteiger partial charge in [0.1, 0.15) is 0 Å². The molecule has 9 nitrogen and oxygen atoms in total. The number of hydrogen-bond acceptors (Lipinski definition) is 9. The van der Waals surface area contributed by atoms with Crippen LogP contribution in [0.25, 0.3) is 0 Å². The first-order chi connectivity index (χ1) is 7.36. The van der Waals surface area contributed by atoms with Crippen LogP contribution in [0.3, 0.4) is 0 Å². The zero-order valence-corrected chi connectivity index (χ0v) is 12.2. The third-order valence-electron chi connectivity index (χ3n) is 1.69. The summed E-state index contributed by atoms with van der Waals surface area (Å²) in [6, 6.07) is 0. The van der Waals surface area contributed by atoms with Crippen LogP contribution in [0, 0.1) is 0 Å². The average Bonchev–Trinajstić information content (AvgIpc) is 2.26. The molecule has 1 rings (SSSR count). The van der Waals surface area contributed by atoms with E-state index in [0.29, 0.717) is 0 Å². The van der Waals surface area contributed by atoms with Gasteiger partial charge in [-0.1, -0.05) is 0 Å². The molecule has 0 atom stereocenters. The van der Waals surface area contributed by atoms with Gasteiger partial charge in [0.2, 0.25) is 7.51 Å². The number of nitrogens with two attached hydrogens (primary N) is 2. The number of nitrogens with zero attached hydrogens (tertiary/aromatic N) is 3. The minimum atomic E-state index is -2.89. The van der Waals surface area contributed by atoms with Gasteiger partial charge in [0, 0.05) is 28.4 Å². The molecule has 0 spiro atoms. The summed E-state index contributed by atoms with van der Waals surface area (Å²) in [5.41, 5.74) is 11.5. The van der Waals surface area contributed by atoms with Gasteiger partial charge in [-0.25, -0.2) is 0 Å². The Hall–Kier alpha value is 0.450. The summed E-state index contributed by atoms with van der Waals surface area (Å²) >= 11 is 0. The summed E-state index contributed by atoms with van der Waals surface area (Å²) < 4.78 is 32.9. The van der Waals surface area contributed by atoms with E-state index in [4.69, 9.17) is 29.1 Å². The molecule has 0 saturated carbocycles. The van der Waals surface area contributed by atoms with Gasteiger partial charge < -0.3 is 18.1 Å². The molecule has 0 amide bonds. The van der Waals surface area contributed by atoms with Gasteiger partial charge in [0.05, 0.1) is 0 Å². The van der Waals surface area contributed by atoms with Crippen LogP contribution in [0.2, 0.25) is 0 Å². The predicted octanol–water partition coefficient (Wildman–Crippen LogP) is 2.34. The van der Waals surface area contributed by atoms with Gasteiger partial charge in [-0.3, -0.25) is 11.0 Å². The largest absolute Gasteiger partial charge is 0.346 e. The second kappa shape index (κ2) is 4.98. The summed E-state index contributed by atoms with van der Waals surface area (Å²) in [6.07, 6.45) is 0. The van der Waals surface area contributed by atoms with Crippen LogP contribution in [0.4, 0.5) is 0 Å². The molecule has 0 aromatic rings. The zero-order chi connectivity index (χ0) is 12.4. The molecule has 12 heteroatoms. The van der Waals surface area contributed by atoms with Crippen molar-refractivity contribution in [1.82, 2.24) is 0 Å². The Morgan fingerprint density at radius 2 is 1.06 bits per heavy atom. The fraction of sp³-hybridized carbons (Fsp3) is 1.00. The third-order valence-corrected chi connectivity index (χ3v) is 9.50. The van der Waals surface area contributed by atoms with E-state index in [2.05, 4.69) is 13.5 Å². The van der Waals surface area contributed by atoms with E-state index in [0.717, 1.165) is 0 Å². The van der Waals surface area contributed by atoms with Gasteiger partial charge in [0.15, 0.2) is 0 Å². The Kier molecular flexibility index (Phi) is 4.52. The quantitative estimate of drug-likeness (QED) is 0.765. The molecule has 1 aliphatic heterocycles. The molecule has 0 saturated heterocycles. The van der Waals surface area contributed by atoms with Crippen LogP contribution in [0.1, 0.15) is 0 Å². The summed E-state index contributed by atoms with van der Waals surface area (Å²) in [7, 11) is -2.99. The molecule has 16 heavy (non-hydrogen) atoms. The van der Waals surface area contributed by atoms with E-state index >= 15 is 0 Å². The minimum absolute atomic E-state index is 1.41. The molecular weight excluding hydrogens is 275 g/mol. The van der Waals surface area contributed by atoms with E-state index in [1.807, 2.05) is 0 Å². The number of rotatable bonds is 4. The summed E-state index contributed by atoms with van der Waals surface area (Å²) in [4.78, 5) is 0. The highest BCUT2D eigenvalue weighted by molar-refractivity contribution is 7.80. The smallest absolute Gasteiger partial charge is 0.310 e. The molecule has 0 bridgehead atoms. The van der Waals surface area contributed by atoms with Crippen LogP contribution in [-0.2, 0) is 18.1 Å². The van der Waals surface area contributed by atoms with Crippen molar-refractivity contribution in [3.8, 4) is 0 Å². The molecule has 0 aromatic carbocycles. The van der Waals surface area contributed by atoms with Crippen LogP contribution in [0.5, 0.6) is 0 Å². The van der Waals surface area contributed by atoms with Gasteiger partial charge in [0.25, 0.3) is 0 Å². The van der Waals surface area contributed by atoms with E-state index < -0.39 is 22.8 Å². The van der Waals surface area contributed by atoms with Crippen molar-refractivity contribution in [1.29, 1.82) is 0 Å². The van der Waals surface area contributed by atoms with Gasteiger partial charge in [-0.05, 0) is 0 Å². The zero-order valence-electron chi connectivity index (χ0n) is 9.47. The molecule has 0 radical (unpaired) electrons. The first kappa shape index (κ1) is 14.5. The molecule has 0 fully saturated rings. The van der Waals surface area contributed by atoms with Gasteiger partial charge >= 0.3 is 15.3 Å². The highest BCUT2D eigenvalue weighted by atomic mass is 31.3. The van der Waals surface area contributed by atoms with Crippen LogP contribution >= 0.6 is 22.8 Å². The monoisotopic (exact) mass is 291 g/mol. The summed E-state index contributed by atoms with van der Waals surface area (Å²) in [6.45, 7) is 0. The minimum Gasteiger partial charge on any atom is -0.310 e. The Morgan fingerprint density at radius 3 is 1.44 bits per heavy atom. The van der Waals surface area contributed by atoms with Crippen molar-refractivity contribution in [3.63, 3.8) is 0 Å². The Morgan fingerprint density at radius 1 is 0.688 bits per heavy atom. The molecule has 1 heterocycles. The SMILES string of the molecule is COP1(OC)=NP(N)(N)=NP(OC)(OC)=N1. The molecule has 1 aliphatic rings. The standard InChI is InChI=1S/C4H16N5O4P3/c1-10-15(11-2)7-14(5,6)8-16(9-15,12-3)13-4/h5-6H2,1-4H3. The lowest BCUT2D eigenvalue weighted by atomic mass is 11.8. The first-order valence-electron chi connectivity index (χ1n) is 4.08. The van der Waals surface area contributed by atoms with Crippen molar-refractivity contribution in [3.05, 3.63) is 0 Å². The normalized spacial score (nSPS) is 25.1. The van der Waals surface area contributed by atoms with E-state index in [1.165, 1.54) is 28.4 Å². The van der Waals surface area contributed by atoms with Crippen molar-refractivity contribution in [2.75, 3.05) is 28.4 Å². The second-order valence-corrected chi connectivity index (χ2v) is 9.65. The van der Waals surface area contributed by atoms with E-state index in [9.17, 15) is 0 Å². The van der Waals surface area contributed by atoms with Gasteiger partial charge in [-0.15, -0.1) is 4.52 Å². The Bertz CT molecular complexity index is 400. The third kappa shape index (κ3) is 2.82. The maximum atomic E-state index is 5.76. The Labute approximate surface area is 94.6 Å². The van der Waals surface area contributed by atoms with Crippen LogP contribution < -0.4 is 11.0 Å². The molecule has 0 aliphatic carbocycles. The average molecular weight is 291 g/mol. The number of hydrogen-bond donors (Lipinski definition) is 2. The first-order valence-corrected chi connectivity index (χ1v) is 8.97. The summed E-state index contributed by atoms with van der Waals surface area (Å²) in [5.74, 6) is 0. The fourth-order valence-corrected chi connectivity index (χ4v) is 9.07. The second-order valence-electron chi connectivity index (χ2n) is 2.68. The predicted molar refractivity (Wildman–Crippen MR) is 64.5 cm³/mol. The lowest BCUT2D eigenvalue weighted by Crippen LogP contribution is -2.06. The topological polar surface area (TPSA) is 126 Å². The summed E-state index contributed by atoms with van der Waals surface area (Å²) in [5, 5.41) is 0. The fourth-order valence-electron chi connectivity index (χ4n) is 1.000. The van der Waals surface area contributed by atoms with Crippen LogP contribution in [-0.4, -0.2) is 28.4 Å². The van der Waals surface area contributed by atoms with E-state index in [-0.39, 0.29) is 0 Å². The van der Waals surface area contributed by atoms with Crippen molar-refractivity contribution in [2.45, 2.75) is 0 Å². The van der Waals surface area contributed by atoms with Crippen molar-refractivity contribution in [2.24, 2.45) is 24.6 Å². The lowest BCUT2D eigenvalue weighted by Gasteiger charge is -2.28. The molecule has 0 aromatic heterocycles. The molecular formula is C4H16N5O4P3. The maximum Gasteiger partial charge on any atom is 0.346 e. The molecule has 0 unspecified atom stereocenters. The molecule has 4 N–H and O–H groups in total. The Balaban J connectivity index is 3.53. The van der Waals surface area contributed by atoms with Crippen molar-refractivity contribution >= 4 is 22.8 Å². The lowest BCUT2D eigenvalue weighted by molar-refractivity contribution is 0.314. The maximum absolute atomic E-state index is 5.76. The van der Waals surface area contributed by atoms with Crippen LogP contribution in [0.15, 0.2) is 13.5 Å². The highest BCUT2D eigenvalue weighted by Crippen LogP contribution is 2.75. The molecule has 96 valence electrons. The highest BCUT2D eigenvalue weighted by Gasteiger charge is 2.35. The van der Waals surface area contributed by atoms with Gasteiger partial charge in [-0.2, -0.15) is 9.03 Å². The van der Waals surface area contributed by atoms with E-state index in [1.54, 1.807) is 0 Å². The van der Waals surface area contributed by atoms with Crippen molar-refractivity contribution < 1.29 is 18.1 Å².